The number of nitrogens with two attached hydrogens (primary N) is 1. The van der Waals surface area contributed by atoms with Crippen LogP contribution in [0.2, 0.25) is 0 Å². The lowest BCUT2D eigenvalue weighted by Gasteiger charge is -2.29. The number of aliphatic hydroxyl groups is 1. The Morgan fingerprint density at radius 3 is 1.69 bits per heavy atom. The second kappa shape index (κ2) is 32.2. The fourth-order valence-corrected chi connectivity index (χ4v) is 11.5. The number of hydrogen-bond donors (Lipinski definition) is 3. The molecule has 84 heavy (non-hydrogen) atoms. The van der Waals surface area contributed by atoms with Crippen molar-refractivity contribution < 1.29 is 84.3 Å². The number of hydrogen-bond acceptors (Lipinski definition) is 18. The summed E-state index contributed by atoms with van der Waals surface area (Å²) < 4.78 is 97.6. The molecule has 7 atom stereocenters. The number of benzene rings is 7. The predicted molar refractivity (Wildman–Crippen MR) is 319 cm³/mol. The quantitative estimate of drug-likeness (QED) is 0.0149. The molecule has 19 nitrogen and oxygen atoms in total. The zero-order valence-electron chi connectivity index (χ0n) is 47.7. The maximum atomic E-state index is 13.5. The van der Waals surface area contributed by atoms with Crippen molar-refractivity contribution in [3.8, 4) is 35.2 Å². The zero-order valence-corrected chi connectivity index (χ0v) is 50.4. The van der Waals surface area contributed by atoms with Crippen LogP contribution in [-0.4, -0.2) is 115 Å². The standard InChI is InChI=1S/C62H74NO18P3/c1-44(26-30-64)75-35-37-78-83(67,68)79-42-48(43-80-84(69,70)81-46(3)27-31-74-45(2)28-32-76-82(65,66)77-36-34-73-33-29-63)38-47-16-21-60-59(22-17-49-10-8-12-51-40-53(71-4)19-24-55(49)51)57-14-6-7-15-58(57)61(62(60)39-47)23-18-50-11-9-13-52-41-54(72-5)20-25-56(50)52/h6-16,19-21,24-25,39-41,44-46,48,64H,26-38,42-43,63H2,1-5H3,(H,65,66)(H,67,68)(H,69,70)/p-2. The Labute approximate surface area is 490 Å². The van der Waals surface area contributed by atoms with Crippen LogP contribution >= 0.6 is 23.5 Å². The molecule has 0 heterocycles. The maximum absolute atomic E-state index is 13.5. The second-order valence-corrected chi connectivity index (χ2v) is 24.0. The van der Waals surface area contributed by atoms with Crippen LogP contribution in [0.1, 0.15) is 67.9 Å². The molecule has 0 aromatic heterocycles. The molecule has 7 rings (SSSR count). The molecule has 0 aliphatic carbocycles. The molecule has 0 fully saturated rings. The molecule has 0 aliphatic rings. The lowest BCUT2D eigenvalue weighted by molar-refractivity contribution is -0.230. The van der Waals surface area contributed by atoms with Gasteiger partial charge >= 0.3 is 7.82 Å². The first-order chi connectivity index (χ1) is 40.4. The first-order valence-electron chi connectivity index (χ1n) is 27.5. The number of phosphoric ester groups is 3. The summed E-state index contributed by atoms with van der Waals surface area (Å²) in [5, 5.41) is 16.3. The molecule has 0 saturated carbocycles. The Morgan fingerprint density at radius 1 is 0.524 bits per heavy atom. The Hall–Kier alpha value is -5.57. The van der Waals surface area contributed by atoms with Crippen LogP contribution in [-0.2, 0) is 61.5 Å². The Morgan fingerprint density at radius 2 is 1.07 bits per heavy atom. The van der Waals surface area contributed by atoms with Crippen molar-refractivity contribution in [3.05, 3.63) is 143 Å². The van der Waals surface area contributed by atoms with Crippen molar-refractivity contribution in [1.29, 1.82) is 0 Å². The molecule has 450 valence electrons. The molecule has 7 unspecified atom stereocenters. The molecule has 7 aromatic carbocycles. The highest BCUT2D eigenvalue weighted by Crippen LogP contribution is 2.45. The largest absolute Gasteiger partial charge is 0.756 e. The van der Waals surface area contributed by atoms with Crippen LogP contribution in [0, 0.1) is 29.6 Å². The van der Waals surface area contributed by atoms with E-state index in [-0.39, 0.29) is 84.8 Å². The van der Waals surface area contributed by atoms with E-state index in [9.17, 15) is 33.5 Å². The van der Waals surface area contributed by atoms with Crippen molar-refractivity contribution in [3.63, 3.8) is 0 Å². The lowest BCUT2D eigenvalue weighted by Crippen LogP contribution is -2.23. The summed E-state index contributed by atoms with van der Waals surface area (Å²) in [6, 6.07) is 37.2. The molecule has 0 bridgehead atoms. The summed E-state index contributed by atoms with van der Waals surface area (Å²) in [6.45, 7) is 3.71. The third-order valence-corrected chi connectivity index (χ3v) is 16.5. The molecule has 22 heteroatoms. The van der Waals surface area contributed by atoms with Crippen LogP contribution < -0.4 is 25.0 Å². The van der Waals surface area contributed by atoms with E-state index in [1.54, 1.807) is 28.1 Å². The number of aliphatic hydroxyl groups excluding tert-OH is 1. The number of fused-ring (bicyclic) bond motifs is 4. The van der Waals surface area contributed by atoms with Gasteiger partial charge in [-0.25, -0.2) is 4.57 Å². The minimum absolute atomic E-state index is 0.0338. The number of methoxy groups -OCH3 is 2. The fraction of sp³-hybridized carbons (Fsp3) is 0.387. The van der Waals surface area contributed by atoms with Gasteiger partial charge in [0.2, 0.25) is 0 Å². The van der Waals surface area contributed by atoms with Crippen LogP contribution in [0.25, 0.3) is 43.1 Å². The van der Waals surface area contributed by atoms with E-state index in [4.69, 9.17) is 56.6 Å². The molecule has 0 saturated heterocycles. The van der Waals surface area contributed by atoms with Gasteiger partial charge in [-0.05, 0) is 150 Å². The normalized spacial score (nSPS) is 15.3. The summed E-state index contributed by atoms with van der Waals surface area (Å²) in [7, 11) is -11.1. The summed E-state index contributed by atoms with van der Waals surface area (Å²) in [5.74, 6) is 14.6. The zero-order chi connectivity index (χ0) is 60.1. The SMILES string of the molecule is COc1ccc2c(C#Cc3c4ccccc4c(C#Cc4cccc5cc(OC)ccc45)c4cc(CC(COP(=O)([O-])OC(C)CCOC(C)CCOP(=O)([O-])OCCOCCN)COP(=O)(O)OCCOC(C)CCO)ccc34)cccc2c1. The highest BCUT2D eigenvalue weighted by atomic mass is 31.2. The Balaban J connectivity index is 1.16. The number of rotatable bonds is 33. The summed E-state index contributed by atoms with van der Waals surface area (Å²) in [6.07, 6.45) is -0.973. The van der Waals surface area contributed by atoms with E-state index < -0.39 is 54.8 Å². The summed E-state index contributed by atoms with van der Waals surface area (Å²) in [4.78, 5) is 36.4. The van der Waals surface area contributed by atoms with Crippen LogP contribution in [0.3, 0.4) is 0 Å². The van der Waals surface area contributed by atoms with Crippen molar-refractivity contribution in [2.75, 3.05) is 86.8 Å². The second-order valence-electron chi connectivity index (χ2n) is 19.8. The van der Waals surface area contributed by atoms with Gasteiger partial charge in [-0.15, -0.1) is 0 Å². The van der Waals surface area contributed by atoms with E-state index in [0.717, 1.165) is 71.3 Å². The van der Waals surface area contributed by atoms with Gasteiger partial charge in [0.05, 0.1) is 85.4 Å². The van der Waals surface area contributed by atoms with Gasteiger partial charge in [-0.2, -0.15) is 0 Å². The third kappa shape index (κ3) is 20.0. The molecule has 0 amide bonds. The maximum Gasteiger partial charge on any atom is 0.472 e. The van der Waals surface area contributed by atoms with Gasteiger partial charge in [-0.1, -0.05) is 84.3 Å². The monoisotopic (exact) mass is 1210 g/mol. The van der Waals surface area contributed by atoms with Crippen molar-refractivity contribution in [2.24, 2.45) is 11.7 Å². The van der Waals surface area contributed by atoms with E-state index in [2.05, 4.69) is 23.7 Å². The van der Waals surface area contributed by atoms with Gasteiger partial charge in [0, 0.05) is 47.9 Å². The third-order valence-electron chi connectivity index (χ3n) is 13.4. The van der Waals surface area contributed by atoms with Crippen molar-refractivity contribution in [2.45, 2.75) is 64.8 Å². The Kier molecular flexibility index (Phi) is 25.3. The molecule has 0 aliphatic heterocycles. The predicted octanol–water partition coefficient (Wildman–Crippen LogP) is 9.75. The van der Waals surface area contributed by atoms with Crippen LogP contribution in [0.15, 0.2) is 115 Å². The van der Waals surface area contributed by atoms with Crippen molar-refractivity contribution >= 4 is 66.6 Å². The summed E-state index contributed by atoms with van der Waals surface area (Å²) >= 11 is 0. The van der Waals surface area contributed by atoms with Crippen molar-refractivity contribution in [1.82, 2.24) is 0 Å². The first-order valence-corrected chi connectivity index (χ1v) is 31.9. The topological polar surface area (TPSA) is 265 Å². The van der Waals surface area contributed by atoms with Gasteiger partial charge in [0.25, 0.3) is 15.6 Å². The van der Waals surface area contributed by atoms with E-state index in [1.165, 1.54) is 6.92 Å². The van der Waals surface area contributed by atoms with Gasteiger partial charge in [0.15, 0.2) is 0 Å². The minimum atomic E-state index is -5.04. The molecule has 0 radical (unpaired) electrons. The number of ether oxygens (including phenoxy) is 5. The van der Waals surface area contributed by atoms with Crippen LogP contribution in [0.5, 0.6) is 11.5 Å². The molecular formula is C62H72NO18P3-2. The molecule has 4 N–H and O–H groups in total. The van der Waals surface area contributed by atoms with Crippen LogP contribution in [0.4, 0.5) is 0 Å². The van der Waals surface area contributed by atoms with Gasteiger partial charge < -0.3 is 67.3 Å². The average Bonchev–Trinajstić information content (AvgIpc) is 2.01. The van der Waals surface area contributed by atoms with E-state index in [1.807, 2.05) is 115 Å². The summed E-state index contributed by atoms with van der Waals surface area (Å²) in [5.41, 5.74) is 9.10. The molecule has 7 aromatic rings. The first kappa shape index (κ1) is 66.0. The minimum Gasteiger partial charge on any atom is -0.756 e. The number of phosphoric acid groups is 3. The average molecular weight is 1210 g/mol. The lowest BCUT2D eigenvalue weighted by atomic mass is 9.89. The van der Waals surface area contributed by atoms with Gasteiger partial charge in [-0.3, -0.25) is 18.2 Å². The smallest absolute Gasteiger partial charge is 0.472 e. The van der Waals surface area contributed by atoms with Gasteiger partial charge in [0.1, 0.15) is 11.5 Å². The Bertz CT molecular complexity index is 3600. The van der Waals surface area contributed by atoms with E-state index in [0.29, 0.717) is 17.5 Å². The molecule has 0 spiro atoms. The highest BCUT2D eigenvalue weighted by Gasteiger charge is 2.26. The molecular weight excluding hydrogens is 1140 g/mol. The fourth-order valence-electron chi connectivity index (χ4n) is 9.06. The van der Waals surface area contributed by atoms with E-state index >= 15 is 0 Å². The highest BCUT2D eigenvalue weighted by molar-refractivity contribution is 7.47.